The third-order valence-electron chi connectivity index (χ3n) is 2.01. The van der Waals surface area contributed by atoms with Gasteiger partial charge in [-0.25, -0.2) is 4.98 Å². The minimum absolute atomic E-state index is 0.905. The molecule has 1 aliphatic carbocycles. The average molecular weight is 274 g/mol. The van der Waals surface area contributed by atoms with E-state index in [1.165, 1.54) is 16.4 Å². The molecule has 1 fully saturated rings. The first kappa shape index (κ1) is 8.29. The monoisotopic (exact) mass is 274 g/mol. The first-order valence-electron chi connectivity index (χ1n) is 4.20. The van der Waals surface area contributed by atoms with Crippen molar-refractivity contribution >= 4 is 28.4 Å². The molecule has 12 heavy (non-hydrogen) atoms. The van der Waals surface area contributed by atoms with Crippen molar-refractivity contribution in [3.05, 3.63) is 21.9 Å². The van der Waals surface area contributed by atoms with Crippen LogP contribution in [0.4, 0.5) is 5.82 Å². The van der Waals surface area contributed by atoms with Crippen LogP contribution in [0.5, 0.6) is 0 Å². The maximum atomic E-state index is 4.26. The smallest absolute Gasteiger partial charge is 0.139 e. The van der Waals surface area contributed by atoms with Crippen LogP contribution in [0, 0.1) is 9.49 Å². The maximum Gasteiger partial charge on any atom is 0.139 e. The molecule has 0 saturated heterocycles. The highest BCUT2D eigenvalue weighted by atomic mass is 127. The molecule has 0 radical (unpaired) electrons. The Morgan fingerprint density at radius 2 is 2.42 bits per heavy atom. The average Bonchev–Trinajstić information content (AvgIpc) is 2.86. The number of rotatable bonds is 3. The van der Waals surface area contributed by atoms with Gasteiger partial charge in [-0.15, -0.1) is 0 Å². The number of hydrogen-bond donors (Lipinski definition) is 1. The summed E-state index contributed by atoms with van der Waals surface area (Å²) in [5.41, 5.74) is 0. The second kappa shape index (κ2) is 3.60. The Balaban J connectivity index is 1.96. The summed E-state index contributed by atoms with van der Waals surface area (Å²) in [5, 5.41) is 3.36. The summed E-state index contributed by atoms with van der Waals surface area (Å²) >= 11 is 2.30. The lowest BCUT2D eigenvalue weighted by Gasteiger charge is -2.04. The van der Waals surface area contributed by atoms with E-state index < -0.39 is 0 Å². The standard InChI is InChI=1S/C9H11IN2/c10-8-2-1-5-11-9(8)12-6-7-3-4-7/h1-2,5,7H,3-4,6H2,(H,11,12). The highest BCUT2D eigenvalue weighted by molar-refractivity contribution is 14.1. The van der Waals surface area contributed by atoms with Crippen molar-refractivity contribution in [3.8, 4) is 0 Å². The zero-order valence-electron chi connectivity index (χ0n) is 6.76. The molecular weight excluding hydrogens is 263 g/mol. The van der Waals surface area contributed by atoms with Crippen LogP contribution in [0.1, 0.15) is 12.8 Å². The fraction of sp³-hybridized carbons (Fsp3) is 0.444. The summed E-state index contributed by atoms with van der Waals surface area (Å²) in [4.78, 5) is 4.26. The van der Waals surface area contributed by atoms with Gasteiger partial charge in [0.05, 0.1) is 3.57 Å². The van der Waals surface area contributed by atoms with Crippen LogP contribution < -0.4 is 5.32 Å². The minimum Gasteiger partial charge on any atom is -0.369 e. The summed E-state index contributed by atoms with van der Waals surface area (Å²) in [6, 6.07) is 4.03. The number of hydrogen-bond acceptors (Lipinski definition) is 2. The largest absolute Gasteiger partial charge is 0.369 e. The van der Waals surface area contributed by atoms with Crippen molar-refractivity contribution in [3.63, 3.8) is 0 Å². The maximum absolute atomic E-state index is 4.26. The Bertz CT molecular complexity index is 271. The summed E-state index contributed by atoms with van der Waals surface area (Å²) in [6.45, 7) is 1.09. The van der Waals surface area contributed by atoms with E-state index in [1.807, 2.05) is 12.3 Å². The van der Waals surface area contributed by atoms with E-state index in [0.29, 0.717) is 0 Å². The number of nitrogens with one attached hydrogen (secondary N) is 1. The molecule has 2 rings (SSSR count). The van der Waals surface area contributed by atoms with E-state index in [-0.39, 0.29) is 0 Å². The van der Waals surface area contributed by atoms with Crippen molar-refractivity contribution in [2.45, 2.75) is 12.8 Å². The van der Waals surface area contributed by atoms with E-state index in [4.69, 9.17) is 0 Å². The molecule has 1 aromatic heterocycles. The van der Waals surface area contributed by atoms with Gasteiger partial charge in [0.2, 0.25) is 0 Å². The molecule has 2 nitrogen and oxygen atoms in total. The van der Waals surface area contributed by atoms with Gasteiger partial charge in [-0.05, 0) is 53.5 Å². The number of pyridine rings is 1. The molecule has 1 N–H and O–H groups in total. The van der Waals surface area contributed by atoms with Crippen molar-refractivity contribution in [2.24, 2.45) is 5.92 Å². The van der Waals surface area contributed by atoms with Gasteiger partial charge in [-0.3, -0.25) is 0 Å². The van der Waals surface area contributed by atoms with Crippen molar-refractivity contribution in [1.82, 2.24) is 4.98 Å². The van der Waals surface area contributed by atoms with Crippen LogP contribution in [0.2, 0.25) is 0 Å². The molecular formula is C9H11IN2. The van der Waals surface area contributed by atoms with Crippen LogP contribution in [0.25, 0.3) is 0 Å². The molecule has 0 bridgehead atoms. The third-order valence-corrected chi connectivity index (χ3v) is 2.88. The van der Waals surface area contributed by atoms with E-state index in [2.05, 4.69) is 39.0 Å². The van der Waals surface area contributed by atoms with Gasteiger partial charge in [-0.1, -0.05) is 0 Å². The fourth-order valence-corrected chi connectivity index (χ4v) is 1.62. The van der Waals surface area contributed by atoms with Crippen LogP contribution >= 0.6 is 22.6 Å². The first-order valence-corrected chi connectivity index (χ1v) is 5.28. The van der Waals surface area contributed by atoms with Gasteiger partial charge in [0.1, 0.15) is 5.82 Å². The molecule has 1 aliphatic rings. The number of nitrogens with zero attached hydrogens (tertiary/aromatic N) is 1. The Hall–Kier alpha value is -0.320. The second-order valence-electron chi connectivity index (χ2n) is 3.16. The minimum atomic E-state index is 0.905. The Kier molecular flexibility index (Phi) is 2.48. The number of anilines is 1. The van der Waals surface area contributed by atoms with Crippen molar-refractivity contribution in [2.75, 3.05) is 11.9 Å². The van der Waals surface area contributed by atoms with Crippen molar-refractivity contribution in [1.29, 1.82) is 0 Å². The molecule has 1 heterocycles. The van der Waals surface area contributed by atoms with E-state index >= 15 is 0 Å². The molecule has 0 aliphatic heterocycles. The number of halogens is 1. The summed E-state index contributed by atoms with van der Waals surface area (Å²) < 4.78 is 1.20. The first-order chi connectivity index (χ1) is 5.86. The lowest BCUT2D eigenvalue weighted by molar-refractivity contribution is 0.882. The van der Waals surface area contributed by atoms with Crippen LogP contribution in [0.3, 0.4) is 0 Å². The molecule has 1 aromatic rings. The molecule has 0 amide bonds. The highest BCUT2D eigenvalue weighted by Gasteiger charge is 2.20. The lowest BCUT2D eigenvalue weighted by atomic mass is 10.4. The quantitative estimate of drug-likeness (QED) is 0.857. The van der Waals surface area contributed by atoms with Crippen LogP contribution in [-0.4, -0.2) is 11.5 Å². The Labute approximate surface area is 85.9 Å². The van der Waals surface area contributed by atoms with Gasteiger partial charge >= 0.3 is 0 Å². The summed E-state index contributed by atoms with van der Waals surface area (Å²) in [5.74, 6) is 1.94. The molecule has 0 atom stereocenters. The van der Waals surface area contributed by atoms with E-state index in [1.54, 1.807) is 0 Å². The third kappa shape index (κ3) is 2.09. The lowest BCUT2D eigenvalue weighted by Crippen LogP contribution is -2.05. The molecule has 0 spiro atoms. The zero-order valence-corrected chi connectivity index (χ0v) is 8.91. The van der Waals surface area contributed by atoms with Crippen LogP contribution in [-0.2, 0) is 0 Å². The number of aromatic nitrogens is 1. The molecule has 3 heteroatoms. The van der Waals surface area contributed by atoms with Gasteiger partial charge < -0.3 is 5.32 Å². The Morgan fingerprint density at radius 1 is 1.58 bits per heavy atom. The summed E-state index contributed by atoms with van der Waals surface area (Å²) in [6.07, 6.45) is 4.60. The SMILES string of the molecule is Ic1cccnc1NCC1CC1. The topological polar surface area (TPSA) is 24.9 Å². The van der Waals surface area contributed by atoms with E-state index in [0.717, 1.165) is 18.3 Å². The zero-order chi connectivity index (χ0) is 8.39. The second-order valence-corrected chi connectivity index (χ2v) is 4.32. The van der Waals surface area contributed by atoms with E-state index in [9.17, 15) is 0 Å². The predicted octanol–water partition coefficient (Wildman–Crippen LogP) is 2.51. The molecule has 0 aromatic carbocycles. The summed E-state index contributed by atoms with van der Waals surface area (Å²) in [7, 11) is 0. The molecule has 64 valence electrons. The van der Waals surface area contributed by atoms with Gasteiger partial charge in [0.25, 0.3) is 0 Å². The van der Waals surface area contributed by atoms with Gasteiger partial charge in [0.15, 0.2) is 0 Å². The van der Waals surface area contributed by atoms with Gasteiger partial charge in [-0.2, -0.15) is 0 Å². The Morgan fingerprint density at radius 3 is 3.08 bits per heavy atom. The predicted molar refractivity (Wildman–Crippen MR) is 58.2 cm³/mol. The molecule has 1 saturated carbocycles. The van der Waals surface area contributed by atoms with Crippen molar-refractivity contribution < 1.29 is 0 Å². The van der Waals surface area contributed by atoms with Gasteiger partial charge in [0, 0.05) is 12.7 Å². The molecule has 0 unspecified atom stereocenters. The van der Waals surface area contributed by atoms with Crippen LogP contribution in [0.15, 0.2) is 18.3 Å². The fourth-order valence-electron chi connectivity index (χ4n) is 1.08. The highest BCUT2D eigenvalue weighted by Crippen LogP contribution is 2.29. The normalized spacial score (nSPS) is 16.1.